The fourth-order valence-corrected chi connectivity index (χ4v) is 3.37. The lowest BCUT2D eigenvalue weighted by Crippen LogP contribution is -2.46. The summed E-state index contributed by atoms with van der Waals surface area (Å²) >= 11 is 5.89. The van der Waals surface area contributed by atoms with Crippen LogP contribution in [0.15, 0.2) is 24.3 Å². The molecule has 0 bridgehead atoms. The Balaban J connectivity index is 1.79. The standard InChI is InChI=1S/C18H27ClN2O/c1-13-5-4-6-17(14(13)2)20-18(22)12-21(3)11-15-7-9-16(19)10-8-15/h7-10,13-14,17H,4-6,11-12H2,1-3H3,(H,20,22)/t13-,14-,17-/m1/s1. The smallest absolute Gasteiger partial charge is 0.234 e. The Morgan fingerprint density at radius 3 is 2.64 bits per heavy atom. The summed E-state index contributed by atoms with van der Waals surface area (Å²) in [7, 11) is 1.97. The van der Waals surface area contributed by atoms with E-state index in [0.717, 1.165) is 18.0 Å². The Bertz CT molecular complexity index is 488. The van der Waals surface area contributed by atoms with Crippen molar-refractivity contribution in [3.63, 3.8) is 0 Å². The summed E-state index contributed by atoms with van der Waals surface area (Å²) in [5.41, 5.74) is 1.17. The number of carbonyl (C=O) groups excluding carboxylic acids is 1. The number of carbonyl (C=O) groups is 1. The number of rotatable bonds is 5. The molecule has 1 amide bonds. The quantitative estimate of drug-likeness (QED) is 0.896. The fraction of sp³-hybridized carbons (Fsp3) is 0.611. The van der Waals surface area contributed by atoms with Crippen molar-refractivity contribution in [2.24, 2.45) is 11.8 Å². The highest BCUT2D eigenvalue weighted by Gasteiger charge is 2.28. The largest absolute Gasteiger partial charge is 0.352 e. The highest BCUT2D eigenvalue weighted by molar-refractivity contribution is 6.30. The summed E-state index contributed by atoms with van der Waals surface area (Å²) in [4.78, 5) is 14.3. The SMILES string of the molecule is C[C@@H]1[C@H](C)CCC[C@H]1NC(=O)CN(C)Cc1ccc(Cl)cc1. The van der Waals surface area contributed by atoms with Gasteiger partial charge in [-0.15, -0.1) is 0 Å². The van der Waals surface area contributed by atoms with E-state index < -0.39 is 0 Å². The molecule has 0 spiro atoms. The van der Waals surface area contributed by atoms with Crippen LogP contribution in [0.5, 0.6) is 0 Å². The lowest BCUT2D eigenvalue weighted by atomic mass is 9.78. The minimum Gasteiger partial charge on any atom is -0.352 e. The molecule has 0 unspecified atom stereocenters. The van der Waals surface area contributed by atoms with Crippen molar-refractivity contribution in [3.05, 3.63) is 34.9 Å². The van der Waals surface area contributed by atoms with Crippen LogP contribution in [0.4, 0.5) is 0 Å². The van der Waals surface area contributed by atoms with E-state index >= 15 is 0 Å². The average Bonchev–Trinajstić information content (AvgIpc) is 2.46. The van der Waals surface area contributed by atoms with Crippen molar-refractivity contribution in [2.75, 3.05) is 13.6 Å². The Hall–Kier alpha value is -1.06. The third kappa shape index (κ3) is 4.99. The second kappa shape index (κ2) is 7.98. The highest BCUT2D eigenvalue weighted by atomic mass is 35.5. The van der Waals surface area contributed by atoms with Gasteiger partial charge in [-0.05, 0) is 43.0 Å². The summed E-state index contributed by atoms with van der Waals surface area (Å²) in [6.07, 6.45) is 3.61. The molecule has 1 aliphatic carbocycles. The third-order valence-corrected chi connectivity index (χ3v) is 5.08. The second-order valence-corrected chi connectivity index (χ2v) is 7.18. The lowest BCUT2D eigenvalue weighted by molar-refractivity contribution is -0.123. The number of amides is 1. The van der Waals surface area contributed by atoms with E-state index in [4.69, 9.17) is 11.6 Å². The van der Waals surface area contributed by atoms with Crippen LogP contribution in [0, 0.1) is 11.8 Å². The minimum atomic E-state index is 0.127. The number of likely N-dealkylation sites (N-methyl/N-ethyl adjacent to an activating group) is 1. The molecule has 22 heavy (non-hydrogen) atoms. The molecule has 2 rings (SSSR count). The summed E-state index contributed by atoms with van der Waals surface area (Å²) in [5.74, 6) is 1.40. The van der Waals surface area contributed by atoms with E-state index in [1.165, 1.54) is 18.4 Å². The van der Waals surface area contributed by atoms with Gasteiger partial charge in [0.2, 0.25) is 5.91 Å². The van der Waals surface area contributed by atoms with Gasteiger partial charge in [0.1, 0.15) is 0 Å². The van der Waals surface area contributed by atoms with Gasteiger partial charge in [0, 0.05) is 17.6 Å². The molecule has 1 N–H and O–H groups in total. The van der Waals surface area contributed by atoms with Gasteiger partial charge < -0.3 is 5.32 Å². The first-order valence-corrected chi connectivity index (χ1v) is 8.56. The van der Waals surface area contributed by atoms with Crippen LogP contribution in [0.3, 0.4) is 0 Å². The van der Waals surface area contributed by atoms with Gasteiger partial charge in [0.15, 0.2) is 0 Å². The molecule has 1 fully saturated rings. The van der Waals surface area contributed by atoms with Gasteiger partial charge >= 0.3 is 0 Å². The van der Waals surface area contributed by atoms with E-state index in [2.05, 4.69) is 19.2 Å². The van der Waals surface area contributed by atoms with Gasteiger partial charge in [0.25, 0.3) is 0 Å². The molecule has 0 heterocycles. The van der Waals surface area contributed by atoms with Gasteiger partial charge in [-0.25, -0.2) is 0 Å². The summed E-state index contributed by atoms with van der Waals surface area (Å²) in [6, 6.07) is 8.11. The Kier molecular flexibility index (Phi) is 6.27. The average molecular weight is 323 g/mol. The van der Waals surface area contributed by atoms with E-state index in [1.54, 1.807) is 0 Å². The lowest BCUT2D eigenvalue weighted by Gasteiger charge is -2.35. The van der Waals surface area contributed by atoms with Crippen LogP contribution in [0.25, 0.3) is 0 Å². The zero-order valence-corrected chi connectivity index (χ0v) is 14.6. The molecule has 3 atom stereocenters. The van der Waals surface area contributed by atoms with Gasteiger partial charge in [0.05, 0.1) is 6.54 Å². The Morgan fingerprint density at radius 2 is 1.95 bits per heavy atom. The van der Waals surface area contributed by atoms with Crippen molar-refractivity contribution in [1.29, 1.82) is 0 Å². The van der Waals surface area contributed by atoms with Gasteiger partial charge in [-0.2, -0.15) is 0 Å². The van der Waals surface area contributed by atoms with Crippen LogP contribution in [0.2, 0.25) is 5.02 Å². The predicted octanol–water partition coefficient (Wildman–Crippen LogP) is 3.71. The Labute approximate surface area is 139 Å². The maximum absolute atomic E-state index is 12.2. The van der Waals surface area contributed by atoms with Crippen LogP contribution in [-0.2, 0) is 11.3 Å². The molecular formula is C18H27ClN2O. The Morgan fingerprint density at radius 1 is 1.27 bits per heavy atom. The number of nitrogens with one attached hydrogen (secondary N) is 1. The molecule has 1 aliphatic rings. The summed E-state index contributed by atoms with van der Waals surface area (Å²) in [6.45, 7) is 5.73. The fourth-order valence-electron chi connectivity index (χ4n) is 3.24. The number of hydrogen-bond acceptors (Lipinski definition) is 2. The maximum Gasteiger partial charge on any atom is 0.234 e. The monoisotopic (exact) mass is 322 g/mol. The number of hydrogen-bond donors (Lipinski definition) is 1. The molecule has 4 heteroatoms. The van der Waals surface area contributed by atoms with Crippen LogP contribution < -0.4 is 5.32 Å². The zero-order valence-electron chi connectivity index (χ0n) is 13.8. The molecule has 122 valence electrons. The molecule has 1 aromatic rings. The van der Waals surface area contributed by atoms with Gasteiger partial charge in [-0.1, -0.05) is 50.4 Å². The van der Waals surface area contributed by atoms with Crippen LogP contribution in [0.1, 0.15) is 38.7 Å². The van der Waals surface area contributed by atoms with E-state index in [1.807, 2.05) is 36.2 Å². The third-order valence-electron chi connectivity index (χ3n) is 4.83. The molecule has 0 aromatic heterocycles. The first kappa shape index (κ1) is 17.3. The van der Waals surface area contributed by atoms with Crippen LogP contribution >= 0.6 is 11.6 Å². The number of nitrogens with zero attached hydrogens (tertiary/aromatic N) is 1. The summed E-state index contributed by atoms with van der Waals surface area (Å²) < 4.78 is 0. The molecular weight excluding hydrogens is 296 g/mol. The molecule has 1 saturated carbocycles. The van der Waals surface area contributed by atoms with Crippen molar-refractivity contribution in [3.8, 4) is 0 Å². The van der Waals surface area contributed by atoms with Crippen molar-refractivity contribution < 1.29 is 4.79 Å². The topological polar surface area (TPSA) is 32.3 Å². The van der Waals surface area contributed by atoms with E-state index in [9.17, 15) is 4.79 Å². The van der Waals surface area contributed by atoms with E-state index in [0.29, 0.717) is 24.4 Å². The first-order chi connectivity index (χ1) is 10.5. The predicted molar refractivity (Wildman–Crippen MR) is 91.9 cm³/mol. The van der Waals surface area contributed by atoms with Gasteiger partial charge in [-0.3, -0.25) is 9.69 Å². The number of halogens is 1. The van der Waals surface area contributed by atoms with Crippen molar-refractivity contribution in [2.45, 2.75) is 45.7 Å². The normalized spacial score (nSPS) is 25.2. The number of benzene rings is 1. The molecule has 0 radical (unpaired) electrons. The van der Waals surface area contributed by atoms with Crippen molar-refractivity contribution >= 4 is 17.5 Å². The molecule has 3 nitrogen and oxygen atoms in total. The van der Waals surface area contributed by atoms with Crippen molar-refractivity contribution in [1.82, 2.24) is 10.2 Å². The minimum absolute atomic E-state index is 0.127. The second-order valence-electron chi connectivity index (χ2n) is 6.74. The highest BCUT2D eigenvalue weighted by Crippen LogP contribution is 2.29. The molecule has 0 saturated heterocycles. The zero-order chi connectivity index (χ0) is 16.1. The molecule has 0 aliphatic heterocycles. The van der Waals surface area contributed by atoms with E-state index in [-0.39, 0.29) is 5.91 Å². The van der Waals surface area contributed by atoms with Crippen LogP contribution in [-0.4, -0.2) is 30.4 Å². The summed E-state index contributed by atoms with van der Waals surface area (Å²) in [5, 5.41) is 3.96. The maximum atomic E-state index is 12.2. The molecule has 1 aromatic carbocycles. The first-order valence-electron chi connectivity index (χ1n) is 8.18.